The number of imide groups is 1. The number of fused-ring (bicyclic) bond motifs is 1. The first-order valence-electron chi connectivity index (χ1n) is 9.59. The Morgan fingerprint density at radius 3 is 2.36 bits per heavy atom. The number of piperidine rings is 1. The van der Waals surface area contributed by atoms with Crippen molar-refractivity contribution >= 4 is 11.9 Å². The predicted octanol–water partition coefficient (Wildman–Crippen LogP) is 2.24. The van der Waals surface area contributed by atoms with Gasteiger partial charge < -0.3 is 10.6 Å². The van der Waals surface area contributed by atoms with Gasteiger partial charge >= 0.3 is 6.03 Å². The number of carbonyl (C=O) groups excluding carboxylic acids is 2. The Morgan fingerprint density at radius 2 is 1.76 bits per heavy atom. The summed E-state index contributed by atoms with van der Waals surface area (Å²) in [6, 6.07) is 8.06. The van der Waals surface area contributed by atoms with Gasteiger partial charge in [0.05, 0.1) is 0 Å². The molecule has 2 N–H and O–H groups in total. The van der Waals surface area contributed by atoms with E-state index in [2.05, 4.69) is 29.7 Å². The maximum Gasteiger partial charge on any atom is 0.325 e. The molecular weight excluding hydrogens is 314 g/mol. The molecule has 25 heavy (non-hydrogen) atoms. The van der Waals surface area contributed by atoms with Crippen molar-refractivity contribution in [3.63, 3.8) is 0 Å². The van der Waals surface area contributed by atoms with Crippen LogP contribution in [0, 0.1) is 5.92 Å². The van der Waals surface area contributed by atoms with Gasteiger partial charge in [-0.25, -0.2) is 4.79 Å². The lowest BCUT2D eigenvalue weighted by Crippen LogP contribution is -2.56. The third-order valence-electron chi connectivity index (χ3n) is 6.22. The van der Waals surface area contributed by atoms with E-state index in [-0.39, 0.29) is 23.9 Å². The monoisotopic (exact) mass is 341 g/mol. The molecule has 2 heterocycles. The zero-order valence-electron chi connectivity index (χ0n) is 14.9. The highest BCUT2D eigenvalue weighted by Crippen LogP contribution is 2.38. The van der Waals surface area contributed by atoms with Crippen molar-refractivity contribution in [3.8, 4) is 0 Å². The SMILES string of the molecule is CCC[C@@]1(C2CCNCC2)NC(=O)N(C2Cc3ccccc3C2)C1=O. The highest BCUT2D eigenvalue weighted by atomic mass is 16.2. The topological polar surface area (TPSA) is 61.4 Å². The average molecular weight is 341 g/mol. The van der Waals surface area contributed by atoms with Crippen LogP contribution in [0.3, 0.4) is 0 Å². The minimum Gasteiger partial charge on any atom is -0.323 e. The molecule has 4 rings (SSSR count). The molecule has 5 heteroatoms. The van der Waals surface area contributed by atoms with Crippen LogP contribution in [0.4, 0.5) is 4.79 Å². The molecule has 5 nitrogen and oxygen atoms in total. The van der Waals surface area contributed by atoms with E-state index in [1.54, 1.807) is 4.90 Å². The standard InChI is InChI=1S/C20H27N3O2/c1-2-9-20(16-7-10-21-11-8-16)18(24)23(19(25)22-20)17-12-14-5-3-4-6-15(14)13-17/h3-6,16-17,21H,2,7-13H2,1H3,(H,22,25)/t20-/m0/s1. The van der Waals surface area contributed by atoms with Crippen LogP contribution in [-0.2, 0) is 17.6 Å². The number of amides is 3. The smallest absolute Gasteiger partial charge is 0.323 e. The molecule has 2 fully saturated rings. The van der Waals surface area contributed by atoms with Crippen LogP contribution in [0.25, 0.3) is 0 Å². The molecule has 0 bridgehead atoms. The fourth-order valence-electron chi connectivity index (χ4n) is 5.02. The Hall–Kier alpha value is -1.88. The van der Waals surface area contributed by atoms with Gasteiger partial charge in [0, 0.05) is 6.04 Å². The molecule has 0 aromatic heterocycles. The van der Waals surface area contributed by atoms with Gasteiger partial charge in [-0.2, -0.15) is 0 Å². The summed E-state index contributed by atoms with van der Waals surface area (Å²) in [6.45, 7) is 3.94. The maximum absolute atomic E-state index is 13.5. The lowest BCUT2D eigenvalue weighted by atomic mass is 9.75. The first-order chi connectivity index (χ1) is 12.2. The van der Waals surface area contributed by atoms with E-state index in [1.165, 1.54) is 11.1 Å². The van der Waals surface area contributed by atoms with Crippen molar-refractivity contribution in [3.05, 3.63) is 35.4 Å². The third kappa shape index (κ3) is 2.65. The predicted molar refractivity (Wildman–Crippen MR) is 96.2 cm³/mol. The van der Waals surface area contributed by atoms with Gasteiger partial charge in [-0.15, -0.1) is 0 Å². The first-order valence-corrected chi connectivity index (χ1v) is 9.59. The summed E-state index contributed by atoms with van der Waals surface area (Å²) in [5, 5.41) is 6.52. The van der Waals surface area contributed by atoms with Gasteiger partial charge in [0.25, 0.3) is 5.91 Å². The molecule has 1 aliphatic carbocycles. The van der Waals surface area contributed by atoms with Gasteiger partial charge in [0.15, 0.2) is 0 Å². The van der Waals surface area contributed by atoms with Gasteiger partial charge in [-0.3, -0.25) is 9.69 Å². The number of hydrogen-bond acceptors (Lipinski definition) is 3. The number of carbonyl (C=O) groups is 2. The number of benzene rings is 1. The molecule has 3 aliphatic rings. The van der Waals surface area contributed by atoms with Crippen LogP contribution < -0.4 is 10.6 Å². The van der Waals surface area contributed by atoms with E-state index in [0.717, 1.165) is 51.6 Å². The van der Waals surface area contributed by atoms with Crippen LogP contribution in [0.2, 0.25) is 0 Å². The number of hydrogen-bond donors (Lipinski definition) is 2. The highest BCUT2D eigenvalue weighted by molar-refractivity contribution is 6.07. The van der Waals surface area contributed by atoms with E-state index in [0.29, 0.717) is 0 Å². The van der Waals surface area contributed by atoms with Crippen molar-refractivity contribution in [2.75, 3.05) is 13.1 Å². The van der Waals surface area contributed by atoms with Crippen LogP contribution in [-0.4, -0.2) is 41.5 Å². The second-order valence-corrected chi connectivity index (χ2v) is 7.68. The number of nitrogens with one attached hydrogen (secondary N) is 2. The summed E-state index contributed by atoms with van der Waals surface area (Å²) in [7, 11) is 0. The Bertz CT molecular complexity index is 658. The highest BCUT2D eigenvalue weighted by Gasteiger charge is 2.56. The van der Waals surface area contributed by atoms with Gasteiger partial charge in [-0.1, -0.05) is 37.6 Å². The largest absolute Gasteiger partial charge is 0.325 e. The molecule has 1 aromatic carbocycles. The van der Waals surface area contributed by atoms with E-state index in [9.17, 15) is 9.59 Å². The second kappa shape index (κ2) is 6.45. The molecule has 1 atom stereocenters. The Balaban J connectivity index is 1.60. The fourth-order valence-corrected chi connectivity index (χ4v) is 5.02. The van der Waals surface area contributed by atoms with Crippen LogP contribution in [0.5, 0.6) is 0 Å². The normalized spacial score (nSPS) is 27.6. The zero-order chi connectivity index (χ0) is 17.4. The van der Waals surface area contributed by atoms with E-state index in [1.807, 2.05) is 12.1 Å². The summed E-state index contributed by atoms with van der Waals surface area (Å²) in [5.41, 5.74) is 1.84. The van der Waals surface area contributed by atoms with Crippen LogP contribution >= 0.6 is 0 Å². The molecule has 2 saturated heterocycles. The van der Waals surface area contributed by atoms with Crippen molar-refractivity contribution in [2.24, 2.45) is 5.92 Å². The molecule has 3 amide bonds. The number of rotatable bonds is 4. The second-order valence-electron chi connectivity index (χ2n) is 7.68. The molecule has 0 saturated carbocycles. The fraction of sp³-hybridized carbons (Fsp3) is 0.600. The van der Waals surface area contributed by atoms with Crippen molar-refractivity contribution in [1.82, 2.24) is 15.5 Å². The van der Waals surface area contributed by atoms with Gasteiger partial charge in [0.2, 0.25) is 0 Å². The zero-order valence-corrected chi connectivity index (χ0v) is 14.9. The maximum atomic E-state index is 13.5. The van der Waals surface area contributed by atoms with E-state index < -0.39 is 5.54 Å². The summed E-state index contributed by atoms with van der Waals surface area (Å²) < 4.78 is 0. The summed E-state index contributed by atoms with van der Waals surface area (Å²) in [5.74, 6) is 0.253. The average Bonchev–Trinajstić information content (AvgIpc) is 3.15. The van der Waals surface area contributed by atoms with E-state index >= 15 is 0 Å². The number of urea groups is 1. The van der Waals surface area contributed by atoms with Crippen molar-refractivity contribution in [2.45, 2.75) is 57.0 Å². The Labute approximate surface area is 149 Å². The third-order valence-corrected chi connectivity index (χ3v) is 6.22. The molecular formula is C20H27N3O2. The first kappa shape index (κ1) is 16.6. The van der Waals surface area contributed by atoms with E-state index in [4.69, 9.17) is 0 Å². The van der Waals surface area contributed by atoms with Gasteiger partial charge in [-0.05, 0) is 62.2 Å². The minimum absolute atomic E-state index is 0.0176. The molecule has 0 spiro atoms. The molecule has 0 unspecified atom stereocenters. The van der Waals surface area contributed by atoms with Crippen molar-refractivity contribution in [1.29, 1.82) is 0 Å². The summed E-state index contributed by atoms with van der Waals surface area (Å²) in [6.07, 6.45) is 5.09. The lowest BCUT2D eigenvalue weighted by molar-refractivity contribution is -0.135. The minimum atomic E-state index is -0.692. The summed E-state index contributed by atoms with van der Waals surface area (Å²) in [4.78, 5) is 27.9. The molecule has 1 aromatic rings. The molecule has 134 valence electrons. The molecule has 0 radical (unpaired) electrons. The number of nitrogens with zero attached hydrogens (tertiary/aromatic N) is 1. The lowest BCUT2D eigenvalue weighted by Gasteiger charge is -2.38. The Kier molecular flexibility index (Phi) is 4.28. The van der Waals surface area contributed by atoms with Crippen LogP contribution in [0.1, 0.15) is 43.7 Å². The van der Waals surface area contributed by atoms with Crippen molar-refractivity contribution < 1.29 is 9.59 Å². The quantitative estimate of drug-likeness (QED) is 0.826. The Morgan fingerprint density at radius 1 is 1.12 bits per heavy atom. The summed E-state index contributed by atoms with van der Waals surface area (Å²) >= 11 is 0. The van der Waals surface area contributed by atoms with Crippen LogP contribution in [0.15, 0.2) is 24.3 Å². The van der Waals surface area contributed by atoms with Gasteiger partial charge in [0.1, 0.15) is 5.54 Å². The molecule has 2 aliphatic heterocycles.